The summed E-state index contributed by atoms with van der Waals surface area (Å²) in [5.74, 6) is 1.29. The third-order valence-corrected chi connectivity index (χ3v) is 4.53. The predicted octanol–water partition coefficient (Wildman–Crippen LogP) is 2.35. The van der Waals surface area contributed by atoms with Crippen LogP contribution in [0, 0.1) is 5.92 Å². The highest BCUT2D eigenvalue weighted by Crippen LogP contribution is 2.16. The second kappa shape index (κ2) is 8.49. The number of methoxy groups -OCH3 is 1. The average molecular weight is 385 g/mol. The minimum absolute atomic E-state index is 0.0100. The van der Waals surface area contributed by atoms with E-state index in [-0.39, 0.29) is 12.1 Å². The summed E-state index contributed by atoms with van der Waals surface area (Å²) in [4.78, 5) is 20.9. The van der Waals surface area contributed by atoms with Gasteiger partial charge in [-0.3, -0.25) is 0 Å². The first-order valence-corrected chi connectivity index (χ1v) is 8.71. The number of aromatic nitrogens is 1. The molecule has 2 rings (SSSR count). The van der Waals surface area contributed by atoms with Crippen LogP contribution in [0.1, 0.15) is 13.8 Å². The summed E-state index contributed by atoms with van der Waals surface area (Å²) in [6.45, 7) is 7.68. The van der Waals surface area contributed by atoms with Gasteiger partial charge in [0.1, 0.15) is 5.82 Å². The van der Waals surface area contributed by atoms with E-state index in [9.17, 15) is 4.79 Å². The van der Waals surface area contributed by atoms with Crippen LogP contribution in [0.5, 0.6) is 0 Å². The Morgan fingerprint density at radius 3 is 2.57 bits per heavy atom. The van der Waals surface area contributed by atoms with Crippen LogP contribution in [0.4, 0.5) is 10.6 Å². The number of piperazine rings is 1. The van der Waals surface area contributed by atoms with Crippen LogP contribution in [0.3, 0.4) is 0 Å². The van der Waals surface area contributed by atoms with Crippen molar-refractivity contribution < 1.29 is 9.53 Å². The number of anilines is 1. The molecule has 2 amide bonds. The molecule has 0 saturated carbocycles. The maximum absolute atomic E-state index is 12.4. The van der Waals surface area contributed by atoms with E-state index in [0.717, 1.165) is 23.4 Å². The number of hydrogen-bond donors (Lipinski definition) is 1. The number of hydrogen-bond acceptors (Lipinski definition) is 4. The van der Waals surface area contributed by atoms with Gasteiger partial charge in [0.2, 0.25) is 0 Å². The van der Waals surface area contributed by atoms with Crippen molar-refractivity contribution >= 4 is 27.8 Å². The van der Waals surface area contributed by atoms with E-state index in [0.29, 0.717) is 25.6 Å². The fraction of sp³-hybridized carbons (Fsp3) is 0.625. The number of amides is 2. The van der Waals surface area contributed by atoms with Gasteiger partial charge in [0.15, 0.2) is 0 Å². The number of ether oxygens (including phenoxy) is 1. The molecular formula is C16H25BrN4O2. The lowest BCUT2D eigenvalue weighted by Crippen LogP contribution is -2.55. The zero-order valence-corrected chi connectivity index (χ0v) is 15.5. The molecule has 23 heavy (non-hydrogen) atoms. The minimum Gasteiger partial charge on any atom is -0.383 e. The third kappa shape index (κ3) is 5.07. The van der Waals surface area contributed by atoms with Gasteiger partial charge in [0.25, 0.3) is 0 Å². The fourth-order valence-electron chi connectivity index (χ4n) is 2.52. The van der Waals surface area contributed by atoms with E-state index in [4.69, 9.17) is 4.74 Å². The lowest BCUT2D eigenvalue weighted by atomic mass is 10.1. The predicted molar refractivity (Wildman–Crippen MR) is 94.8 cm³/mol. The number of carbonyl (C=O) groups excluding carboxylic acids is 1. The molecule has 1 atom stereocenters. The number of nitrogens with zero attached hydrogens (tertiary/aromatic N) is 3. The molecule has 1 saturated heterocycles. The number of pyridine rings is 1. The molecule has 1 aliphatic rings. The largest absolute Gasteiger partial charge is 0.383 e. The summed E-state index contributed by atoms with van der Waals surface area (Å²) < 4.78 is 6.15. The van der Waals surface area contributed by atoms with Crippen molar-refractivity contribution in [3.63, 3.8) is 0 Å². The van der Waals surface area contributed by atoms with Crippen LogP contribution in [0.25, 0.3) is 0 Å². The van der Waals surface area contributed by atoms with Crippen LogP contribution in [0.15, 0.2) is 22.8 Å². The van der Waals surface area contributed by atoms with E-state index >= 15 is 0 Å². The van der Waals surface area contributed by atoms with Crippen LogP contribution in [-0.2, 0) is 4.74 Å². The SMILES string of the molecule is COC[C@@H](NC(=O)N1CCN(c2ccc(Br)cn2)CC1)C(C)C. The molecule has 0 aromatic carbocycles. The van der Waals surface area contributed by atoms with Crippen molar-refractivity contribution in [2.24, 2.45) is 5.92 Å². The molecule has 1 aliphatic heterocycles. The molecule has 0 unspecified atom stereocenters. The Morgan fingerprint density at radius 1 is 1.35 bits per heavy atom. The Hall–Kier alpha value is -1.34. The van der Waals surface area contributed by atoms with Crippen molar-refractivity contribution in [3.05, 3.63) is 22.8 Å². The maximum atomic E-state index is 12.4. The number of halogens is 1. The van der Waals surface area contributed by atoms with E-state index in [1.165, 1.54) is 0 Å². The molecule has 1 fully saturated rings. The molecule has 0 radical (unpaired) electrons. The second-order valence-electron chi connectivity index (χ2n) is 6.06. The molecule has 0 bridgehead atoms. The highest BCUT2D eigenvalue weighted by Gasteiger charge is 2.24. The van der Waals surface area contributed by atoms with Crippen molar-refractivity contribution in [2.45, 2.75) is 19.9 Å². The monoisotopic (exact) mass is 384 g/mol. The Morgan fingerprint density at radius 2 is 2.04 bits per heavy atom. The topological polar surface area (TPSA) is 57.7 Å². The molecular weight excluding hydrogens is 360 g/mol. The van der Waals surface area contributed by atoms with Crippen LogP contribution in [-0.4, -0.2) is 61.9 Å². The van der Waals surface area contributed by atoms with Gasteiger partial charge in [-0.2, -0.15) is 0 Å². The molecule has 7 heteroatoms. The van der Waals surface area contributed by atoms with Crippen molar-refractivity contribution in [1.82, 2.24) is 15.2 Å². The number of rotatable bonds is 5. The molecule has 1 aromatic rings. The maximum Gasteiger partial charge on any atom is 0.317 e. The van der Waals surface area contributed by atoms with Gasteiger partial charge in [-0.15, -0.1) is 0 Å². The summed E-state index contributed by atoms with van der Waals surface area (Å²) in [6, 6.07) is 4.01. The quantitative estimate of drug-likeness (QED) is 0.846. The Labute approximate surface area is 146 Å². The molecule has 0 spiro atoms. The lowest BCUT2D eigenvalue weighted by molar-refractivity contribution is 0.138. The summed E-state index contributed by atoms with van der Waals surface area (Å²) >= 11 is 3.39. The van der Waals surface area contributed by atoms with Gasteiger partial charge in [0, 0.05) is 44.0 Å². The van der Waals surface area contributed by atoms with E-state index in [2.05, 4.69) is 45.0 Å². The highest BCUT2D eigenvalue weighted by atomic mass is 79.9. The number of urea groups is 1. The second-order valence-corrected chi connectivity index (χ2v) is 6.98. The van der Waals surface area contributed by atoms with Gasteiger partial charge >= 0.3 is 6.03 Å². The molecule has 0 aliphatic carbocycles. The summed E-state index contributed by atoms with van der Waals surface area (Å²) in [5, 5.41) is 3.07. The Balaban J connectivity index is 1.85. The van der Waals surface area contributed by atoms with Crippen molar-refractivity contribution in [3.8, 4) is 0 Å². The molecule has 6 nitrogen and oxygen atoms in total. The first kappa shape index (κ1) is 18.0. The Kier molecular flexibility index (Phi) is 6.65. The van der Waals surface area contributed by atoms with Gasteiger partial charge in [-0.1, -0.05) is 13.8 Å². The van der Waals surface area contributed by atoms with Gasteiger partial charge in [0.05, 0.1) is 12.6 Å². The minimum atomic E-state index is -0.0100. The van der Waals surface area contributed by atoms with Gasteiger partial charge < -0.3 is 19.9 Å². The Bertz CT molecular complexity index is 501. The van der Waals surface area contributed by atoms with E-state index in [1.807, 2.05) is 17.0 Å². The van der Waals surface area contributed by atoms with Crippen molar-refractivity contribution in [2.75, 3.05) is 44.8 Å². The van der Waals surface area contributed by atoms with Crippen LogP contribution in [0.2, 0.25) is 0 Å². The summed E-state index contributed by atoms with van der Waals surface area (Å²) in [6.07, 6.45) is 1.80. The van der Waals surface area contributed by atoms with Gasteiger partial charge in [-0.05, 0) is 34.0 Å². The first-order chi connectivity index (χ1) is 11.0. The zero-order valence-electron chi connectivity index (χ0n) is 14.0. The number of nitrogens with one attached hydrogen (secondary N) is 1. The normalized spacial score (nSPS) is 16.6. The lowest BCUT2D eigenvalue weighted by Gasteiger charge is -2.36. The summed E-state index contributed by atoms with van der Waals surface area (Å²) in [7, 11) is 1.66. The van der Waals surface area contributed by atoms with Crippen LogP contribution < -0.4 is 10.2 Å². The molecule has 128 valence electrons. The molecule has 1 N–H and O–H groups in total. The fourth-order valence-corrected chi connectivity index (χ4v) is 2.76. The number of carbonyl (C=O) groups is 1. The van der Waals surface area contributed by atoms with Crippen LogP contribution >= 0.6 is 15.9 Å². The van der Waals surface area contributed by atoms with E-state index in [1.54, 1.807) is 13.3 Å². The smallest absolute Gasteiger partial charge is 0.317 e. The third-order valence-electron chi connectivity index (χ3n) is 4.06. The highest BCUT2D eigenvalue weighted by molar-refractivity contribution is 9.10. The van der Waals surface area contributed by atoms with E-state index < -0.39 is 0 Å². The standard InChI is InChI=1S/C16H25BrN4O2/c1-12(2)14(11-23-3)19-16(22)21-8-6-20(7-9-21)15-5-4-13(17)10-18-15/h4-5,10,12,14H,6-9,11H2,1-3H3,(H,19,22)/t14-/m1/s1. The average Bonchev–Trinajstić information content (AvgIpc) is 2.55. The zero-order chi connectivity index (χ0) is 16.8. The molecule has 1 aromatic heterocycles. The van der Waals surface area contributed by atoms with Crippen molar-refractivity contribution in [1.29, 1.82) is 0 Å². The summed E-state index contributed by atoms with van der Waals surface area (Å²) in [5.41, 5.74) is 0. The molecule has 2 heterocycles. The van der Waals surface area contributed by atoms with Gasteiger partial charge in [-0.25, -0.2) is 9.78 Å². The first-order valence-electron chi connectivity index (χ1n) is 7.92.